The molecule has 0 unspecified atom stereocenters. The number of aryl methyl sites for hydroxylation is 2. The molecule has 3 aromatic rings. The Bertz CT molecular complexity index is 1230. The summed E-state index contributed by atoms with van der Waals surface area (Å²) in [5.41, 5.74) is 5.12. The predicted molar refractivity (Wildman–Crippen MR) is 124 cm³/mol. The molecule has 5 heteroatoms. The molecule has 31 heavy (non-hydrogen) atoms. The molecule has 2 amide bonds. The Labute approximate surface area is 186 Å². The van der Waals surface area contributed by atoms with Gasteiger partial charge in [-0.15, -0.1) is 0 Å². The summed E-state index contributed by atoms with van der Waals surface area (Å²) < 4.78 is 0. The summed E-state index contributed by atoms with van der Waals surface area (Å²) in [5, 5.41) is 0.485. The van der Waals surface area contributed by atoms with E-state index in [1.54, 1.807) is 12.1 Å². The maximum Gasteiger partial charge on any atom is 0.282 e. The molecule has 0 aliphatic carbocycles. The van der Waals surface area contributed by atoms with E-state index >= 15 is 0 Å². The molecule has 0 atom stereocenters. The van der Waals surface area contributed by atoms with E-state index in [2.05, 4.69) is 6.07 Å². The first-order valence-electron chi connectivity index (χ1n) is 10.4. The minimum atomic E-state index is -0.320. The lowest BCUT2D eigenvalue weighted by Crippen LogP contribution is -2.37. The number of para-hydroxylation sites is 1. The molecule has 0 aromatic heterocycles. The molecule has 0 N–H and O–H groups in total. The number of hydrogen-bond acceptors (Lipinski definition) is 3. The van der Waals surface area contributed by atoms with E-state index in [-0.39, 0.29) is 11.8 Å². The van der Waals surface area contributed by atoms with Gasteiger partial charge in [-0.1, -0.05) is 66.2 Å². The van der Waals surface area contributed by atoms with Crippen molar-refractivity contribution >= 4 is 40.4 Å². The van der Waals surface area contributed by atoms with Crippen LogP contribution in [-0.2, 0) is 16.0 Å². The summed E-state index contributed by atoms with van der Waals surface area (Å²) in [6, 6.07) is 22.8. The first kappa shape index (κ1) is 19.6. The van der Waals surface area contributed by atoms with Crippen molar-refractivity contribution in [3.63, 3.8) is 0 Å². The molecule has 0 radical (unpaired) electrons. The van der Waals surface area contributed by atoms with Crippen LogP contribution in [0.2, 0.25) is 5.02 Å². The van der Waals surface area contributed by atoms with E-state index in [4.69, 9.17) is 11.6 Å². The standard InChI is InChI=1S/C26H21ClN2O2/c1-17-13-14-20(27)16-22(17)29-25(30)23(19-9-3-2-4-10-19)24(26(29)31)28-15-7-11-18-8-5-6-12-21(18)28/h2-6,8-10,12-14,16H,7,11,15H2,1H3. The molecule has 5 rings (SSSR count). The summed E-state index contributed by atoms with van der Waals surface area (Å²) >= 11 is 6.22. The Kier molecular flexibility index (Phi) is 4.87. The molecule has 0 saturated carbocycles. The number of halogens is 1. The average molecular weight is 429 g/mol. The van der Waals surface area contributed by atoms with E-state index in [1.165, 1.54) is 10.5 Å². The molecule has 0 saturated heterocycles. The predicted octanol–water partition coefficient (Wildman–Crippen LogP) is 5.39. The van der Waals surface area contributed by atoms with E-state index in [1.807, 2.05) is 66.4 Å². The smallest absolute Gasteiger partial charge is 0.282 e. The summed E-state index contributed by atoms with van der Waals surface area (Å²) in [6.45, 7) is 2.56. The third kappa shape index (κ3) is 3.24. The topological polar surface area (TPSA) is 40.6 Å². The van der Waals surface area contributed by atoms with Crippen LogP contribution < -0.4 is 9.80 Å². The maximum atomic E-state index is 13.8. The van der Waals surface area contributed by atoms with Crippen LogP contribution in [0, 0.1) is 6.92 Å². The van der Waals surface area contributed by atoms with Crippen LogP contribution in [0.4, 0.5) is 11.4 Å². The van der Waals surface area contributed by atoms with E-state index in [0.717, 1.165) is 29.7 Å². The number of anilines is 2. The molecular weight excluding hydrogens is 408 g/mol. The second-order valence-corrected chi connectivity index (χ2v) is 8.29. The molecular formula is C26H21ClN2O2. The molecule has 2 aliphatic rings. The third-order valence-electron chi connectivity index (χ3n) is 5.91. The molecule has 0 fully saturated rings. The van der Waals surface area contributed by atoms with Crippen LogP contribution in [0.1, 0.15) is 23.1 Å². The monoisotopic (exact) mass is 428 g/mol. The van der Waals surface area contributed by atoms with Crippen molar-refractivity contribution in [3.05, 3.63) is 100 Å². The second-order valence-electron chi connectivity index (χ2n) is 7.85. The number of fused-ring (bicyclic) bond motifs is 1. The van der Waals surface area contributed by atoms with E-state index in [9.17, 15) is 9.59 Å². The van der Waals surface area contributed by atoms with E-state index < -0.39 is 0 Å². The van der Waals surface area contributed by atoms with Gasteiger partial charge in [0.2, 0.25) is 0 Å². The third-order valence-corrected chi connectivity index (χ3v) is 6.15. The number of benzene rings is 3. The van der Waals surface area contributed by atoms with Crippen molar-refractivity contribution in [1.82, 2.24) is 0 Å². The maximum absolute atomic E-state index is 13.8. The first-order chi connectivity index (χ1) is 15.1. The molecule has 154 valence electrons. The lowest BCUT2D eigenvalue weighted by atomic mass is 9.98. The van der Waals surface area contributed by atoms with Gasteiger partial charge in [-0.05, 0) is 54.7 Å². The van der Waals surface area contributed by atoms with Crippen LogP contribution in [0.25, 0.3) is 5.57 Å². The van der Waals surface area contributed by atoms with Gasteiger partial charge in [0.25, 0.3) is 11.8 Å². The molecule has 3 aromatic carbocycles. The second kappa shape index (κ2) is 7.71. The number of amides is 2. The minimum Gasteiger partial charge on any atom is -0.336 e. The van der Waals surface area contributed by atoms with Crippen LogP contribution >= 0.6 is 11.6 Å². The molecule has 2 aliphatic heterocycles. The number of rotatable bonds is 3. The summed E-state index contributed by atoms with van der Waals surface area (Å²) in [7, 11) is 0. The van der Waals surface area contributed by atoms with Gasteiger partial charge in [0.1, 0.15) is 5.70 Å². The highest BCUT2D eigenvalue weighted by Gasteiger charge is 2.44. The van der Waals surface area contributed by atoms with Gasteiger partial charge in [-0.25, -0.2) is 4.90 Å². The number of carbonyl (C=O) groups is 2. The number of imide groups is 1. The Hall–Kier alpha value is -3.37. The van der Waals surface area contributed by atoms with Gasteiger partial charge >= 0.3 is 0 Å². The Balaban J connectivity index is 1.72. The van der Waals surface area contributed by atoms with Crippen molar-refractivity contribution in [2.45, 2.75) is 19.8 Å². The van der Waals surface area contributed by atoms with Crippen LogP contribution in [0.3, 0.4) is 0 Å². The zero-order valence-electron chi connectivity index (χ0n) is 17.1. The lowest BCUT2D eigenvalue weighted by Gasteiger charge is -2.32. The molecule has 0 spiro atoms. The average Bonchev–Trinajstić information content (AvgIpc) is 3.05. The fourth-order valence-corrected chi connectivity index (χ4v) is 4.61. The van der Waals surface area contributed by atoms with Crippen molar-refractivity contribution in [3.8, 4) is 0 Å². The summed E-state index contributed by atoms with van der Waals surface area (Å²) in [6.07, 6.45) is 1.88. The summed E-state index contributed by atoms with van der Waals surface area (Å²) in [5.74, 6) is -0.634. The largest absolute Gasteiger partial charge is 0.336 e. The van der Waals surface area contributed by atoms with Gasteiger partial charge in [0.05, 0.1) is 11.3 Å². The zero-order valence-corrected chi connectivity index (χ0v) is 17.9. The lowest BCUT2D eigenvalue weighted by molar-refractivity contribution is -0.120. The van der Waals surface area contributed by atoms with Gasteiger partial charge in [0.15, 0.2) is 0 Å². The number of hydrogen-bond donors (Lipinski definition) is 0. The van der Waals surface area contributed by atoms with Gasteiger partial charge in [0, 0.05) is 17.3 Å². The zero-order chi connectivity index (χ0) is 21.5. The quantitative estimate of drug-likeness (QED) is 0.525. The SMILES string of the molecule is Cc1ccc(Cl)cc1N1C(=O)C(c2ccccc2)=C(N2CCCc3ccccc32)C1=O. The van der Waals surface area contributed by atoms with Crippen molar-refractivity contribution < 1.29 is 9.59 Å². The van der Waals surface area contributed by atoms with Crippen molar-refractivity contribution in [2.75, 3.05) is 16.3 Å². The highest BCUT2D eigenvalue weighted by atomic mass is 35.5. The fraction of sp³-hybridized carbons (Fsp3) is 0.154. The molecule has 4 nitrogen and oxygen atoms in total. The van der Waals surface area contributed by atoms with Crippen LogP contribution in [-0.4, -0.2) is 18.4 Å². The number of carbonyl (C=O) groups excluding carboxylic acids is 2. The van der Waals surface area contributed by atoms with Gasteiger partial charge in [-0.3, -0.25) is 9.59 Å². The van der Waals surface area contributed by atoms with Crippen molar-refractivity contribution in [2.24, 2.45) is 0 Å². The first-order valence-corrected chi connectivity index (χ1v) is 10.7. The van der Waals surface area contributed by atoms with Gasteiger partial charge < -0.3 is 4.90 Å². The normalized spacial score (nSPS) is 16.2. The van der Waals surface area contributed by atoms with Crippen molar-refractivity contribution in [1.29, 1.82) is 0 Å². The molecule has 2 heterocycles. The summed E-state index contributed by atoms with van der Waals surface area (Å²) in [4.78, 5) is 30.8. The number of nitrogens with zero attached hydrogens (tertiary/aromatic N) is 2. The van der Waals surface area contributed by atoms with Crippen LogP contribution in [0.5, 0.6) is 0 Å². The molecule has 0 bridgehead atoms. The Morgan fingerprint density at radius 2 is 1.58 bits per heavy atom. The Morgan fingerprint density at radius 1 is 0.839 bits per heavy atom. The van der Waals surface area contributed by atoms with E-state index in [0.29, 0.717) is 28.5 Å². The fourth-order valence-electron chi connectivity index (χ4n) is 4.44. The van der Waals surface area contributed by atoms with Crippen LogP contribution in [0.15, 0.2) is 78.5 Å². The van der Waals surface area contributed by atoms with Gasteiger partial charge in [-0.2, -0.15) is 0 Å². The Morgan fingerprint density at radius 3 is 2.39 bits per heavy atom. The minimum absolute atomic E-state index is 0.314. The highest BCUT2D eigenvalue weighted by Crippen LogP contribution is 2.40. The highest BCUT2D eigenvalue weighted by molar-refractivity contribution is 6.46.